The fourth-order valence-corrected chi connectivity index (χ4v) is 1.62. The van der Waals surface area contributed by atoms with Crippen molar-refractivity contribution in [2.24, 2.45) is 5.92 Å². The Morgan fingerprint density at radius 3 is 2.72 bits per heavy atom. The number of carbonyl (C=O) groups excluding carboxylic acids is 1. The van der Waals surface area contributed by atoms with Crippen LogP contribution in [0.25, 0.3) is 0 Å². The normalized spacial score (nSPS) is 13.6. The van der Waals surface area contributed by atoms with E-state index in [0.717, 1.165) is 11.4 Å². The maximum absolute atomic E-state index is 11.4. The van der Waals surface area contributed by atoms with Gasteiger partial charge in [-0.25, -0.2) is 0 Å². The Balaban J connectivity index is 2.66. The molecule has 1 rings (SSSR count). The molecule has 0 saturated heterocycles. The third-order valence-electron chi connectivity index (χ3n) is 2.86. The standard InChI is InChI=1S/C14H21NO3/c1-5-18-13-8-6-7-12(9-13)15-11(3)10(2)14(16)17-4/h6-11,15H,5H2,1-4H3. The lowest BCUT2D eigenvalue weighted by Crippen LogP contribution is -2.30. The molecule has 0 fully saturated rings. The van der Waals surface area contributed by atoms with Crippen LogP contribution >= 0.6 is 0 Å². The number of hydrogen-bond acceptors (Lipinski definition) is 4. The van der Waals surface area contributed by atoms with Gasteiger partial charge in [0.1, 0.15) is 5.75 Å². The van der Waals surface area contributed by atoms with Crippen LogP contribution in [0.2, 0.25) is 0 Å². The van der Waals surface area contributed by atoms with Gasteiger partial charge in [0, 0.05) is 17.8 Å². The van der Waals surface area contributed by atoms with Gasteiger partial charge < -0.3 is 14.8 Å². The Labute approximate surface area is 108 Å². The van der Waals surface area contributed by atoms with Crippen LogP contribution in [0.5, 0.6) is 5.75 Å². The van der Waals surface area contributed by atoms with Gasteiger partial charge in [0.25, 0.3) is 0 Å². The molecule has 0 aliphatic carbocycles. The molecule has 100 valence electrons. The summed E-state index contributed by atoms with van der Waals surface area (Å²) >= 11 is 0. The van der Waals surface area contributed by atoms with Gasteiger partial charge in [0.2, 0.25) is 0 Å². The van der Waals surface area contributed by atoms with E-state index in [4.69, 9.17) is 9.47 Å². The largest absolute Gasteiger partial charge is 0.494 e. The first-order valence-corrected chi connectivity index (χ1v) is 6.15. The molecule has 18 heavy (non-hydrogen) atoms. The molecule has 4 heteroatoms. The summed E-state index contributed by atoms with van der Waals surface area (Å²) in [5, 5.41) is 3.27. The van der Waals surface area contributed by atoms with Crippen molar-refractivity contribution in [2.75, 3.05) is 19.0 Å². The van der Waals surface area contributed by atoms with E-state index < -0.39 is 0 Å². The molecule has 2 unspecified atom stereocenters. The minimum atomic E-state index is -0.212. The molecule has 0 spiro atoms. The summed E-state index contributed by atoms with van der Waals surface area (Å²) in [6.45, 7) is 6.38. The molecule has 0 aliphatic rings. The Morgan fingerprint density at radius 1 is 1.39 bits per heavy atom. The highest BCUT2D eigenvalue weighted by atomic mass is 16.5. The average molecular weight is 251 g/mol. The zero-order valence-electron chi connectivity index (χ0n) is 11.4. The lowest BCUT2D eigenvalue weighted by molar-refractivity contribution is -0.145. The second kappa shape index (κ2) is 6.89. The third kappa shape index (κ3) is 3.95. The first-order valence-electron chi connectivity index (χ1n) is 6.15. The van der Waals surface area contributed by atoms with Crippen LogP contribution in [-0.2, 0) is 9.53 Å². The lowest BCUT2D eigenvalue weighted by atomic mass is 10.0. The van der Waals surface area contributed by atoms with Crippen LogP contribution < -0.4 is 10.1 Å². The zero-order chi connectivity index (χ0) is 13.5. The summed E-state index contributed by atoms with van der Waals surface area (Å²) in [5.41, 5.74) is 0.934. The van der Waals surface area contributed by atoms with Crippen LogP contribution in [-0.4, -0.2) is 25.7 Å². The van der Waals surface area contributed by atoms with Crippen LogP contribution in [0.4, 0.5) is 5.69 Å². The van der Waals surface area contributed by atoms with Crippen LogP contribution in [0.3, 0.4) is 0 Å². The summed E-state index contributed by atoms with van der Waals surface area (Å²) in [6, 6.07) is 7.69. The summed E-state index contributed by atoms with van der Waals surface area (Å²) < 4.78 is 10.2. The predicted octanol–water partition coefficient (Wildman–Crippen LogP) is 2.69. The number of esters is 1. The second-order valence-electron chi connectivity index (χ2n) is 4.21. The van der Waals surface area contributed by atoms with Gasteiger partial charge in [-0.15, -0.1) is 0 Å². The van der Waals surface area contributed by atoms with E-state index in [1.54, 1.807) is 0 Å². The van der Waals surface area contributed by atoms with Crippen molar-refractivity contribution < 1.29 is 14.3 Å². The van der Waals surface area contributed by atoms with E-state index in [-0.39, 0.29) is 17.9 Å². The monoisotopic (exact) mass is 251 g/mol. The molecule has 1 aromatic carbocycles. The van der Waals surface area contributed by atoms with Gasteiger partial charge in [0.15, 0.2) is 0 Å². The van der Waals surface area contributed by atoms with Crippen molar-refractivity contribution in [1.82, 2.24) is 0 Å². The van der Waals surface area contributed by atoms with Crippen molar-refractivity contribution in [2.45, 2.75) is 26.8 Å². The Kier molecular flexibility index (Phi) is 5.49. The van der Waals surface area contributed by atoms with Gasteiger partial charge >= 0.3 is 5.97 Å². The maximum atomic E-state index is 11.4. The topological polar surface area (TPSA) is 47.6 Å². The van der Waals surface area contributed by atoms with E-state index >= 15 is 0 Å². The van der Waals surface area contributed by atoms with E-state index in [0.29, 0.717) is 6.61 Å². The highest BCUT2D eigenvalue weighted by Gasteiger charge is 2.20. The van der Waals surface area contributed by atoms with E-state index in [2.05, 4.69) is 5.32 Å². The molecule has 0 aromatic heterocycles. The minimum Gasteiger partial charge on any atom is -0.494 e. The van der Waals surface area contributed by atoms with Crippen molar-refractivity contribution in [3.05, 3.63) is 24.3 Å². The zero-order valence-corrected chi connectivity index (χ0v) is 11.4. The molecule has 1 aromatic rings. The van der Waals surface area contributed by atoms with Crippen LogP contribution in [0.1, 0.15) is 20.8 Å². The van der Waals surface area contributed by atoms with E-state index in [1.165, 1.54) is 7.11 Å². The number of ether oxygens (including phenoxy) is 2. The van der Waals surface area contributed by atoms with Crippen molar-refractivity contribution in [1.29, 1.82) is 0 Å². The predicted molar refractivity (Wildman–Crippen MR) is 71.9 cm³/mol. The SMILES string of the molecule is CCOc1cccc(NC(C)C(C)C(=O)OC)c1. The van der Waals surface area contributed by atoms with Gasteiger partial charge in [-0.05, 0) is 32.9 Å². The van der Waals surface area contributed by atoms with E-state index in [1.807, 2.05) is 45.0 Å². The number of benzene rings is 1. The van der Waals surface area contributed by atoms with E-state index in [9.17, 15) is 4.79 Å². The fraction of sp³-hybridized carbons (Fsp3) is 0.500. The van der Waals surface area contributed by atoms with Crippen LogP contribution in [0.15, 0.2) is 24.3 Å². The third-order valence-corrected chi connectivity index (χ3v) is 2.86. The molecule has 1 N–H and O–H groups in total. The van der Waals surface area contributed by atoms with Crippen molar-refractivity contribution >= 4 is 11.7 Å². The quantitative estimate of drug-likeness (QED) is 0.790. The Hall–Kier alpha value is -1.71. The molecule has 0 radical (unpaired) electrons. The maximum Gasteiger partial charge on any atom is 0.310 e. The summed E-state index contributed by atoms with van der Waals surface area (Å²) in [7, 11) is 1.40. The summed E-state index contributed by atoms with van der Waals surface area (Å²) in [5.74, 6) is 0.405. The Bertz CT molecular complexity index is 392. The number of nitrogens with one attached hydrogen (secondary N) is 1. The molecule has 0 bridgehead atoms. The molecular weight excluding hydrogens is 230 g/mol. The molecule has 0 amide bonds. The smallest absolute Gasteiger partial charge is 0.310 e. The van der Waals surface area contributed by atoms with Gasteiger partial charge in [-0.2, -0.15) is 0 Å². The molecule has 0 saturated carbocycles. The Morgan fingerprint density at radius 2 is 2.11 bits per heavy atom. The number of anilines is 1. The fourth-order valence-electron chi connectivity index (χ4n) is 1.62. The first kappa shape index (κ1) is 14.4. The minimum absolute atomic E-state index is 0.00525. The highest BCUT2D eigenvalue weighted by Crippen LogP contribution is 2.19. The van der Waals surface area contributed by atoms with Gasteiger partial charge in [-0.1, -0.05) is 6.07 Å². The van der Waals surface area contributed by atoms with Crippen LogP contribution in [0, 0.1) is 5.92 Å². The summed E-state index contributed by atoms with van der Waals surface area (Å²) in [4.78, 5) is 11.4. The number of rotatable bonds is 6. The number of methoxy groups -OCH3 is 1. The number of carbonyl (C=O) groups is 1. The molecule has 2 atom stereocenters. The van der Waals surface area contributed by atoms with Gasteiger partial charge in [-0.3, -0.25) is 4.79 Å². The summed E-state index contributed by atoms with van der Waals surface area (Å²) in [6.07, 6.45) is 0. The first-order chi connectivity index (χ1) is 8.58. The molecular formula is C14H21NO3. The molecule has 4 nitrogen and oxygen atoms in total. The second-order valence-corrected chi connectivity index (χ2v) is 4.21. The van der Waals surface area contributed by atoms with Gasteiger partial charge in [0.05, 0.1) is 19.6 Å². The average Bonchev–Trinajstić information content (AvgIpc) is 2.37. The highest BCUT2D eigenvalue weighted by molar-refractivity contribution is 5.73. The van der Waals surface area contributed by atoms with Crippen molar-refractivity contribution in [3.63, 3.8) is 0 Å². The lowest BCUT2D eigenvalue weighted by Gasteiger charge is -2.20. The number of hydrogen-bond donors (Lipinski definition) is 1. The van der Waals surface area contributed by atoms with Crippen molar-refractivity contribution in [3.8, 4) is 5.75 Å². The molecule has 0 heterocycles. The molecule has 0 aliphatic heterocycles.